The van der Waals surface area contributed by atoms with Crippen LogP contribution in [-0.2, 0) is 0 Å². The fraction of sp³-hybridized carbons (Fsp3) is 0.706. The molecule has 0 aliphatic carbocycles. The second-order valence-electron chi connectivity index (χ2n) is 5.77. The lowest BCUT2D eigenvalue weighted by Crippen LogP contribution is -2.28. The fourth-order valence-electron chi connectivity index (χ4n) is 2.62. The Balaban J connectivity index is 2.10. The molecule has 0 aliphatic heterocycles. The molecule has 1 aromatic rings. The predicted molar refractivity (Wildman–Crippen MR) is 86.1 cm³/mol. The minimum absolute atomic E-state index is 0.00208. The van der Waals surface area contributed by atoms with E-state index in [1.54, 1.807) is 6.20 Å². The molecule has 0 radical (unpaired) electrons. The maximum Gasteiger partial charge on any atom is 0.141 e. The Hall–Kier alpha value is -1.00. The third-order valence-electron chi connectivity index (χ3n) is 3.93. The summed E-state index contributed by atoms with van der Waals surface area (Å²) in [7, 11) is 0. The zero-order chi connectivity index (χ0) is 15.3. The first-order chi connectivity index (χ1) is 10.3. The highest BCUT2D eigenvalue weighted by Crippen LogP contribution is 2.19. The van der Waals surface area contributed by atoms with Gasteiger partial charge in [-0.3, -0.25) is 16.3 Å². The second kappa shape index (κ2) is 11.6. The summed E-state index contributed by atoms with van der Waals surface area (Å²) in [5.41, 5.74) is 3.59. The molecular formula is C17H30FN3. The van der Waals surface area contributed by atoms with E-state index >= 15 is 0 Å². The lowest BCUT2D eigenvalue weighted by molar-refractivity contribution is 0.470. The van der Waals surface area contributed by atoms with Crippen molar-refractivity contribution in [2.75, 3.05) is 0 Å². The Morgan fingerprint density at radius 2 is 1.67 bits per heavy atom. The fourth-order valence-corrected chi connectivity index (χ4v) is 2.62. The quantitative estimate of drug-likeness (QED) is 0.335. The molecule has 0 fully saturated rings. The van der Waals surface area contributed by atoms with Crippen LogP contribution >= 0.6 is 0 Å². The van der Waals surface area contributed by atoms with Gasteiger partial charge in [-0.15, -0.1) is 0 Å². The monoisotopic (exact) mass is 295 g/mol. The minimum Gasteiger partial charge on any atom is -0.271 e. The summed E-state index contributed by atoms with van der Waals surface area (Å²) in [6.45, 7) is 2.25. The standard InChI is InChI=1S/C17H30FN3/c1-2-3-4-5-6-7-8-9-10-11-17(21-19)15-12-16(18)14-20-13-15/h12-14,17,21H,2-11,19H2,1H3. The molecule has 0 aromatic carbocycles. The Labute approximate surface area is 128 Å². The highest BCUT2D eigenvalue weighted by molar-refractivity contribution is 5.14. The molecular weight excluding hydrogens is 265 g/mol. The molecule has 21 heavy (non-hydrogen) atoms. The van der Waals surface area contributed by atoms with Crippen LogP contribution in [0.15, 0.2) is 18.5 Å². The van der Waals surface area contributed by atoms with Crippen LogP contribution in [0.4, 0.5) is 4.39 Å². The van der Waals surface area contributed by atoms with Crippen molar-refractivity contribution >= 4 is 0 Å². The van der Waals surface area contributed by atoms with Crippen LogP contribution in [0.25, 0.3) is 0 Å². The summed E-state index contributed by atoms with van der Waals surface area (Å²) in [4.78, 5) is 3.88. The summed E-state index contributed by atoms with van der Waals surface area (Å²) in [6, 6.07) is 1.50. The van der Waals surface area contributed by atoms with E-state index in [-0.39, 0.29) is 11.9 Å². The van der Waals surface area contributed by atoms with Gasteiger partial charge in [-0.05, 0) is 18.1 Å². The van der Waals surface area contributed by atoms with E-state index in [9.17, 15) is 4.39 Å². The van der Waals surface area contributed by atoms with Gasteiger partial charge in [-0.2, -0.15) is 0 Å². The van der Waals surface area contributed by atoms with Crippen molar-refractivity contribution in [3.63, 3.8) is 0 Å². The van der Waals surface area contributed by atoms with Crippen molar-refractivity contribution in [3.05, 3.63) is 29.8 Å². The van der Waals surface area contributed by atoms with Crippen molar-refractivity contribution < 1.29 is 4.39 Å². The smallest absolute Gasteiger partial charge is 0.141 e. The van der Waals surface area contributed by atoms with Gasteiger partial charge < -0.3 is 0 Å². The summed E-state index contributed by atoms with van der Waals surface area (Å²) in [5, 5.41) is 0. The number of unbranched alkanes of at least 4 members (excludes halogenated alkanes) is 8. The third-order valence-corrected chi connectivity index (χ3v) is 3.93. The molecule has 0 saturated carbocycles. The molecule has 1 heterocycles. The van der Waals surface area contributed by atoms with E-state index in [1.807, 2.05) is 0 Å². The Bertz CT molecular complexity index is 371. The van der Waals surface area contributed by atoms with Crippen LogP contribution in [0.1, 0.15) is 82.7 Å². The van der Waals surface area contributed by atoms with Crippen molar-refractivity contribution in [2.45, 2.75) is 77.2 Å². The Kier molecular flexibility index (Phi) is 10.0. The molecule has 0 saturated heterocycles. The van der Waals surface area contributed by atoms with Crippen molar-refractivity contribution in [1.82, 2.24) is 10.4 Å². The summed E-state index contributed by atoms with van der Waals surface area (Å²) in [5.74, 6) is 5.26. The molecule has 120 valence electrons. The first-order valence-corrected chi connectivity index (χ1v) is 8.34. The average molecular weight is 295 g/mol. The summed E-state index contributed by atoms with van der Waals surface area (Å²) >= 11 is 0. The normalized spacial score (nSPS) is 12.5. The number of nitrogens with one attached hydrogen (secondary N) is 1. The highest BCUT2D eigenvalue weighted by atomic mass is 19.1. The average Bonchev–Trinajstić information content (AvgIpc) is 2.49. The lowest BCUT2D eigenvalue weighted by atomic mass is 10.0. The molecule has 1 aromatic heterocycles. The van der Waals surface area contributed by atoms with Gasteiger partial charge in [0, 0.05) is 12.2 Å². The maximum absolute atomic E-state index is 13.1. The molecule has 1 atom stereocenters. The molecule has 0 spiro atoms. The molecule has 1 unspecified atom stereocenters. The van der Waals surface area contributed by atoms with E-state index in [0.29, 0.717) is 0 Å². The summed E-state index contributed by atoms with van der Waals surface area (Å²) < 4.78 is 13.1. The Morgan fingerprint density at radius 1 is 1.05 bits per heavy atom. The molecule has 3 nitrogen and oxygen atoms in total. The van der Waals surface area contributed by atoms with Crippen LogP contribution in [0.3, 0.4) is 0 Å². The number of nitrogens with two attached hydrogens (primary N) is 1. The number of halogens is 1. The van der Waals surface area contributed by atoms with Gasteiger partial charge in [0.2, 0.25) is 0 Å². The molecule has 0 aliphatic rings. The van der Waals surface area contributed by atoms with Crippen LogP contribution in [-0.4, -0.2) is 4.98 Å². The van der Waals surface area contributed by atoms with Gasteiger partial charge in [0.05, 0.1) is 6.20 Å². The number of nitrogens with zero attached hydrogens (tertiary/aromatic N) is 1. The van der Waals surface area contributed by atoms with Gasteiger partial charge in [-0.1, -0.05) is 64.7 Å². The predicted octanol–water partition coefficient (Wildman–Crippen LogP) is 4.65. The van der Waals surface area contributed by atoms with E-state index in [4.69, 9.17) is 5.84 Å². The zero-order valence-corrected chi connectivity index (χ0v) is 13.3. The topological polar surface area (TPSA) is 50.9 Å². The minimum atomic E-state index is -0.306. The van der Waals surface area contributed by atoms with Crippen LogP contribution in [0.5, 0.6) is 0 Å². The number of hydrogen-bond acceptors (Lipinski definition) is 3. The van der Waals surface area contributed by atoms with Gasteiger partial charge in [0.1, 0.15) is 5.82 Å². The third kappa shape index (κ3) is 8.12. The number of hydrogen-bond donors (Lipinski definition) is 2. The first kappa shape index (κ1) is 18.1. The molecule has 3 N–H and O–H groups in total. The van der Waals surface area contributed by atoms with Crippen molar-refractivity contribution in [1.29, 1.82) is 0 Å². The SMILES string of the molecule is CCCCCCCCCCCC(NN)c1cncc(F)c1. The highest BCUT2D eigenvalue weighted by Gasteiger charge is 2.10. The van der Waals surface area contributed by atoms with E-state index in [0.717, 1.165) is 18.4 Å². The Morgan fingerprint density at radius 3 is 2.24 bits per heavy atom. The molecule has 0 bridgehead atoms. The van der Waals surface area contributed by atoms with Gasteiger partial charge in [-0.25, -0.2) is 4.39 Å². The van der Waals surface area contributed by atoms with E-state index in [2.05, 4.69) is 17.3 Å². The van der Waals surface area contributed by atoms with E-state index in [1.165, 1.54) is 63.6 Å². The number of rotatable bonds is 12. The summed E-state index contributed by atoms with van der Waals surface area (Å²) in [6.07, 6.45) is 15.5. The second-order valence-corrected chi connectivity index (χ2v) is 5.77. The number of hydrazine groups is 1. The van der Waals surface area contributed by atoms with Gasteiger partial charge in [0.15, 0.2) is 0 Å². The molecule has 4 heteroatoms. The van der Waals surface area contributed by atoms with Crippen LogP contribution in [0.2, 0.25) is 0 Å². The lowest BCUT2D eigenvalue weighted by Gasteiger charge is -2.15. The zero-order valence-electron chi connectivity index (χ0n) is 13.3. The van der Waals surface area contributed by atoms with Gasteiger partial charge >= 0.3 is 0 Å². The van der Waals surface area contributed by atoms with Gasteiger partial charge in [0.25, 0.3) is 0 Å². The molecule has 0 amide bonds. The number of pyridine rings is 1. The van der Waals surface area contributed by atoms with E-state index < -0.39 is 0 Å². The largest absolute Gasteiger partial charge is 0.271 e. The molecule has 1 rings (SSSR count). The van der Waals surface area contributed by atoms with Crippen molar-refractivity contribution in [2.24, 2.45) is 5.84 Å². The van der Waals surface area contributed by atoms with Crippen LogP contribution < -0.4 is 11.3 Å². The first-order valence-electron chi connectivity index (χ1n) is 8.34. The van der Waals surface area contributed by atoms with Crippen LogP contribution in [0, 0.1) is 5.82 Å². The number of aromatic nitrogens is 1. The maximum atomic E-state index is 13.1. The van der Waals surface area contributed by atoms with Crippen molar-refractivity contribution in [3.8, 4) is 0 Å².